The Kier molecular flexibility index (Phi) is 8.63. The molecular weight excluding hydrogens is 386 g/mol. The lowest BCUT2D eigenvalue weighted by Crippen LogP contribution is -2.33. The van der Waals surface area contributed by atoms with Gasteiger partial charge in [0, 0.05) is 25.0 Å². The fourth-order valence-electron chi connectivity index (χ4n) is 2.67. The van der Waals surface area contributed by atoms with Crippen molar-refractivity contribution in [1.29, 1.82) is 0 Å². The Morgan fingerprint density at radius 1 is 1.03 bits per heavy atom. The van der Waals surface area contributed by atoms with Crippen LogP contribution in [0.15, 0.2) is 30.3 Å². The summed E-state index contributed by atoms with van der Waals surface area (Å²) in [6.45, 7) is 1.46. The molecule has 0 saturated carbocycles. The SMILES string of the molecule is COc1ccc2nc(NCCCN(CCO[N+](=O)[O-])CCO[N+](=O)[O-])ccc2c1. The molecule has 29 heavy (non-hydrogen) atoms. The zero-order valence-corrected chi connectivity index (χ0v) is 16.0. The molecule has 0 saturated heterocycles. The quantitative estimate of drug-likeness (QED) is 0.278. The first-order valence-electron chi connectivity index (χ1n) is 8.93. The molecular formula is C17H23N5O7. The summed E-state index contributed by atoms with van der Waals surface area (Å²) in [6.07, 6.45) is 0.694. The predicted octanol–water partition coefficient (Wildman–Crippen LogP) is 1.76. The van der Waals surface area contributed by atoms with E-state index in [1.165, 1.54) is 0 Å². The monoisotopic (exact) mass is 409 g/mol. The molecule has 0 spiro atoms. The Labute approximate surface area is 166 Å². The molecule has 158 valence electrons. The van der Waals surface area contributed by atoms with Crippen LogP contribution in [0.1, 0.15) is 6.42 Å². The highest BCUT2D eigenvalue weighted by molar-refractivity contribution is 5.81. The minimum Gasteiger partial charge on any atom is -0.497 e. The van der Waals surface area contributed by atoms with Crippen molar-refractivity contribution in [2.45, 2.75) is 6.42 Å². The summed E-state index contributed by atoms with van der Waals surface area (Å²) < 4.78 is 5.20. The van der Waals surface area contributed by atoms with E-state index in [9.17, 15) is 20.2 Å². The van der Waals surface area contributed by atoms with E-state index in [1.54, 1.807) is 12.0 Å². The lowest BCUT2D eigenvalue weighted by molar-refractivity contribution is -0.758. The lowest BCUT2D eigenvalue weighted by Gasteiger charge is -2.21. The number of ether oxygens (including phenoxy) is 1. The molecule has 2 aromatic rings. The van der Waals surface area contributed by atoms with Crippen LogP contribution in [0.5, 0.6) is 5.75 Å². The van der Waals surface area contributed by atoms with E-state index in [4.69, 9.17) is 4.74 Å². The van der Waals surface area contributed by atoms with Crippen LogP contribution in [-0.2, 0) is 9.68 Å². The van der Waals surface area contributed by atoms with E-state index in [0.29, 0.717) is 19.5 Å². The van der Waals surface area contributed by atoms with Gasteiger partial charge in [-0.1, -0.05) is 0 Å². The summed E-state index contributed by atoms with van der Waals surface area (Å²) in [5.41, 5.74) is 0.839. The number of pyridine rings is 1. The fraction of sp³-hybridized carbons (Fsp3) is 0.471. The summed E-state index contributed by atoms with van der Waals surface area (Å²) in [5, 5.41) is 23.0. The Hall–Kier alpha value is -3.41. The number of anilines is 1. The van der Waals surface area contributed by atoms with Gasteiger partial charge in [-0.15, -0.1) is 20.2 Å². The van der Waals surface area contributed by atoms with Gasteiger partial charge in [0.1, 0.15) is 24.8 Å². The molecule has 0 radical (unpaired) electrons. The molecule has 0 bridgehead atoms. The molecule has 12 nitrogen and oxygen atoms in total. The molecule has 12 heteroatoms. The van der Waals surface area contributed by atoms with Gasteiger partial charge in [0.15, 0.2) is 0 Å². The number of rotatable bonds is 14. The molecule has 1 heterocycles. The number of nitrogens with zero attached hydrogens (tertiary/aromatic N) is 4. The first-order valence-corrected chi connectivity index (χ1v) is 8.93. The predicted molar refractivity (Wildman–Crippen MR) is 104 cm³/mol. The third-order valence-corrected chi connectivity index (χ3v) is 4.06. The maximum atomic E-state index is 10.3. The molecule has 0 atom stereocenters. The van der Waals surface area contributed by atoms with Crippen molar-refractivity contribution >= 4 is 16.7 Å². The second-order valence-corrected chi connectivity index (χ2v) is 5.99. The van der Waals surface area contributed by atoms with Crippen LogP contribution < -0.4 is 10.1 Å². The molecule has 0 aliphatic carbocycles. The molecule has 1 aromatic heterocycles. The Bertz CT molecular complexity index is 800. The molecule has 1 aromatic carbocycles. The van der Waals surface area contributed by atoms with Gasteiger partial charge in [0.2, 0.25) is 0 Å². The van der Waals surface area contributed by atoms with E-state index in [1.807, 2.05) is 30.3 Å². The molecule has 0 amide bonds. The number of aromatic nitrogens is 1. The Balaban J connectivity index is 1.80. The number of methoxy groups -OCH3 is 1. The largest absolute Gasteiger partial charge is 0.497 e. The summed E-state index contributed by atoms with van der Waals surface area (Å²) in [6, 6.07) is 9.45. The highest BCUT2D eigenvalue weighted by atomic mass is 17.0. The van der Waals surface area contributed by atoms with Crippen molar-refractivity contribution in [3.05, 3.63) is 50.6 Å². The van der Waals surface area contributed by atoms with Crippen molar-refractivity contribution in [2.24, 2.45) is 0 Å². The second-order valence-electron chi connectivity index (χ2n) is 5.99. The van der Waals surface area contributed by atoms with Crippen LogP contribution in [0.25, 0.3) is 10.9 Å². The van der Waals surface area contributed by atoms with E-state index in [0.717, 1.165) is 22.5 Å². The van der Waals surface area contributed by atoms with Gasteiger partial charge < -0.3 is 19.7 Å². The van der Waals surface area contributed by atoms with Crippen LogP contribution in [-0.4, -0.2) is 66.6 Å². The van der Waals surface area contributed by atoms with Crippen molar-refractivity contribution in [2.75, 3.05) is 51.8 Å². The maximum absolute atomic E-state index is 10.3. The van der Waals surface area contributed by atoms with Crippen LogP contribution in [0, 0.1) is 20.2 Å². The highest BCUT2D eigenvalue weighted by Gasteiger charge is 2.08. The third-order valence-electron chi connectivity index (χ3n) is 4.06. The summed E-state index contributed by atoms with van der Waals surface area (Å²) >= 11 is 0. The molecule has 0 fully saturated rings. The standard InChI is InChI=1S/C17H23N5O7/c1-27-15-4-5-16-14(13-15)3-6-17(19-16)18-7-2-8-20(9-11-28-21(23)24)10-12-29-22(25)26/h3-6,13H,2,7-12H2,1H3,(H,18,19). The number of hydrogen-bond acceptors (Lipinski definition) is 10. The van der Waals surface area contributed by atoms with Gasteiger partial charge in [-0.2, -0.15) is 0 Å². The first-order chi connectivity index (χ1) is 14.0. The molecule has 0 aliphatic rings. The van der Waals surface area contributed by atoms with E-state index in [-0.39, 0.29) is 26.3 Å². The molecule has 1 N–H and O–H groups in total. The number of hydrogen-bond donors (Lipinski definition) is 1. The van der Waals surface area contributed by atoms with Gasteiger partial charge in [-0.25, -0.2) is 4.98 Å². The first kappa shape index (κ1) is 21.9. The topological polar surface area (TPSA) is 142 Å². The van der Waals surface area contributed by atoms with Crippen molar-refractivity contribution in [3.63, 3.8) is 0 Å². The van der Waals surface area contributed by atoms with Crippen molar-refractivity contribution in [3.8, 4) is 5.75 Å². The average Bonchev–Trinajstić information content (AvgIpc) is 2.69. The van der Waals surface area contributed by atoms with E-state index >= 15 is 0 Å². The summed E-state index contributed by atoms with van der Waals surface area (Å²) in [5.74, 6) is 1.49. The Morgan fingerprint density at radius 3 is 2.34 bits per heavy atom. The zero-order valence-electron chi connectivity index (χ0n) is 16.0. The normalized spacial score (nSPS) is 10.7. The van der Waals surface area contributed by atoms with Crippen molar-refractivity contribution < 1.29 is 24.6 Å². The van der Waals surface area contributed by atoms with Gasteiger partial charge in [-0.3, -0.25) is 4.90 Å². The van der Waals surface area contributed by atoms with Crippen LogP contribution in [0.4, 0.5) is 5.82 Å². The minimum absolute atomic E-state index is 0.116. The van der Waals surface area contributed by atoms with Crippen LogP contribution in [0.2, 0.25) is 0 Å². The van der Waals surface area contributed by atoms with E-state index < -0.39 is 10.2 Å². The summed E-state index contributed by atoms with van der Waals surface area (Å²) in [7, 11) is 1.61. The van der Waals surface area contributed by atoms with Gasteiger partial charge in [0.25, 0.3) is 10.2 Å². The van der Waals surface area contributed by atoms with Crippen LogP contribution >= 0.6 is 0 Å². The highest BCUT2D eigenvalue weighted by Crippen LogP contribution is 2.20. The lowest BCUT2D eigenvalue weighted by atomic mass is 10.2. The van der Waals surface area contributed by atoms with Gasteiger partial charge in [-0.05, 0) is 43.3 Å². The number of fused-ring (bicyclic) bond motifs is 1. The van der Waals surface area contributed by atoms with Gasteiger partial charge in [0.05, 0.1) is 12.6 Å². The molecule has 2 rings (SSSR count). The second kappa shape index (κ2) is 11.4. The Morgan fingerprint density at radius 2 is 1.72 bits per heavy atom. The number of benzene rings is 1. The van der Waals surface area contributed by atoms with Gasteiger partial charge >= 0.3 is 0 Å². The maximum Gasteiger partial charge on any atom is 0.294 e. The summed E-state index contributed by atoms with van der Waals surface area (Å²) in [4.78, 5) is 35.5. The smallest absolute Gasteiger partial charge is 0.294 e. The van der Waals surface area contributed by atoms with Crippen molar-refractivity contribution in [1.82, 2.24) is 9.88 Å². The molecule has 0 unspecified atom stereocenters. The minimum atomic E-state index is -0.867. The number of nitrogens with one attached hydrogen (secondary N) is 1. The van der Waals surface area contributed by atoms with Crippen LogP contribution in [0.3, 0.4) is 0 Å². The fourth-order valence-corrected chi connectivity index (χ4v) is 2.67. The zero-order chi connectivity index (χ0) is 21.1. The third kappa shape index (κ3) is 8.01. The van der Waals surface area contributed by atoms with E-state index in [2.05, 4.69) is 20.0 Å². The average molecular weight is 409 g/mol. The molecule has 0 aliphatic heterocycles.